The van der Waals surface area contributed by atoms with E-state index < -0.39 is 0 Å². The minimum atomic E-state index is -0.275. The molecule has 0 aromatic heterocycles. The zero-order valence-electron chi connectivity index (χ0n) is 14.6. The molecule has 3 nitrogen and oxygen atoms in total. The monoisotopic (exact) mass is 301 g/mol. The molecule has 120 valence electrons. The number of rotatable bonds is 2. The maximum Gasteiger partial charge on any atom is 0.494 e. The summed E-state index contributed by atoms with van der Waals surface area (Å²) in [7, 11) is 1.96. The van der Waals surface area contributed by atoms with Gasteiger partial charge in [0.15, 0.2) is 0 Å². The van der Waals surface area contributed by atoms with Crippen LogP contribution >= 0.6 is 0 Å². The lowest BCUT2D eigenvalue weighted by Gasteiger charge is -2.32. The first-order valence-corrected chi connectivity index (χ1v) is 8.42. The van der Waals surface area contributed by atoms with E-state index in [0.717, 1.165) is 12.0 Å². The molecule has 2 aliphatic rings. The highest BCUT2D eigenvalue weighted by Crippen LogP contribution is 2.36. The maximum atomic E-state index is 6.12. The van der Waals surface area contributed by atoms with Crippen LogP contribution in [0.25, 0.3) is 0 Å². The molecule has 22 heavy (non-hydrogen) atoms. The Labute approximate surface area is 135 Å². The molecule has 3 rings (SSSR count). The molecule has 1 aromatic carbocycles. The highest BCUT2D eigenvalue weighted by atomic mass is 16.7. The summed E-state index contributed by atoms with van der Waals surface area (Å²) >= 11 is 0. The van der Waals surface area contributed by atoms with Crippen LogP contribution in [0, 0.1) is 0 Å². The van der Waals surface area contributed by atoms with Crippen LogP contribution in [0.15, 0.2) is 24.3 Å². The SMILES string of the molecule is CN1CCCC(c2ccc(B3OC(C)(C)C(C)(C)O3)cc2)C1. The summed E-state index contributed by atoms with van der Waals surface area (Å²) in [4.78, 5) is 2.43. The molecule has 0 bridgehead atoms. The van der Waals surface area contributed by atoms with Crippen molar-refractivity contribution in [2.75, 3.05) is 20.1 Å². The Morgan fingerprint density at radius 1 is 1.05 bits per heavy atom. The Morgan fingerprint density at radius 2 is 1.64 bits per heavy atom. The molecule has 2 aliphatic heterocycles. The quantitative estimate of drug-likeness (QED) is 0.784. The first kappa shape index (κ1) is 16.0. The van der Waals surface area contributed by atoms with E-state index in [1.165, 1.54) is 24.9 Å². The molecular formula is C18H28BNO2. The third-order valence-corrected chi connectivity index (χ3v) is 5.56. The van der Waals surface area contributed by atoms with Crippen molar-refractivity contribution < 1.29 is 9.31 Å². The van der Waals surface area contributed by atoms with Crippen molar-refractivity contribution in [3.8, 4) is 0 Å². The average molecular weight is 301 g/mol. The zero-order valence-corrected chi connectivity index (χ0v) is 14.6. The maximum absolute atomic E-state index is 6.12. The van der Waals surface area contributed by atoms with E-state index in [1.807, 2.05) is 0 Å². The first-order chi connectivity index (χ1) is 10.3. The summed E-state index contributed by atoms with van der Waals surface area (Å²) in [6.07, 6.45) is 2.58. The van der Waals surface area contributed by atoms with Crippen molar-refractivity contribution in [3.63, 3.8) is 0 Å². The van der Waals surface area contributed by atoms with Crippen LogP contribution in [0.4, 0.5) is 0 Å². The number of nitrogens with zero attached hydrogens (tertiary/aromatic N) is 1. The van der Waals surface area contributed by atoms with Gasteiger partial charge in [0.2, 0.25) is 0 Å². The fraction of sp³-hybridized carbons (Fsp3) is 0.667. The van der Waals surface area contributed by atoms with Gasteiger partial charge in [0.05, 0.1) is 11.2 Å². The van der Waals surface area contributed by atoms with Gasteiger partial charge in [0, 0.05) is 6.54 Å². The molecule has 4 heteroatoms. The fourth-order valence-corrected chi connectivity index (χ4v) is 3.34. The topological polar surface area (TPSA) is 21.7 Å². The molecule has 2 saturated heterocycles. The summed E-state index contributed by atoms with van der Waals surface area (Å²) in [6.45, 7) is 10.8. The summed E-state index contributed by atoms with van der Waals surface area (Å²) < 4.78 is 12.2. The van der Waals surface area contributed by atoms with Crippen molar-refractivity contribution in [1.29, 1.82) is 0 Å². The molecule has 2 fully saturated rings. The van der Waals surface area contributed by atoms with Crippen molar-refractivity contribution in [3.05, 3.63) is 29.8 Å². The van der Waals surface area contributed by atoms with Crippen LogP contribution in [0.2, 0.25) is 0 Å². The highest BCUT2D eigenvalue weighted by Gasteiger charge is 2.51. The van der Waals surface area contributed by atoms with E-state index in [1.54, 1.807) is 0 Å². The van der Waals surface area contributed by atoms with Crippen LogP contribution in [0.5, 0.6) is 0 Å². The van der Waals surface area contributed by atoms with Gasteiger partial charge in [-0.2, -0.15) is 0 Å². The molecule has 0 radical (unpaired) electrons. The van der Waals surface area contributed by atoms with Crippen LogP contribution < -0.4 is 5.46 Å². The van der Waals surface area contributed by atoms with Gasteiger partial charge in [0.25, 0.3) is 0 Å². The smallest absolute Gasteiger partial charge is 0.399 e. The third-order valence-electron chi connectivity index (χ3n) is 5.56. The molecule has 0 saturated carbocycles. The van der Waals surface area contributed by atoms with E-state index >= 15 is 0 Å². The normalized spacial score (nSPS) is 28.0. The molecule has 0 spiro atoms. The van der Waals surface area contributed by atoms with Crippen LogP contribution in [-0.2, 0) is 9.31 Å². The largest absolute Gasteiger partial charge is 0.494 e. The highest BCUT2D eigenvalue weighted by molar-refractivity contribution is 6.62. The molecule has 0 amide bonds. The number of piperidine rings is 1. The average Bonchev–Trinajstić information content (AvgIpc) is 2.68. The molecular weight excluding hydrogens is 273 g/mol. The second kappa shape index (κ2) is 5.66. The fourth-order valence-electron chi connectivity index (χ4n) is 3.34. The van der Waals surface area contributed by atoms with Gasteiger partial charge in [-0.15, -0.1) is 0 Å². The predicted molar refractivity (Wildman–Crippen MR) is 91.6 cm³/mol. The van der Waals surface area contributed by atoms with Crippen LogP contribution in [0.3, 0.4) is 0 Å². The van der Waals surface area contributed by atoms with Crippen LogP contribution in [-0.4, -0.2) is 43.4 Å². The Kier molecular flexibility index (Phi) is 4.13. The summed E-state index contributed by atoms with van der Waals surface area (Å²) in [6, 6.07) is 8.85. The van der Waals surface area contributed by atoms with Gasteiger partial charge in [-0.3, -0.25) is 0 Å². The van der Waals surface area contributed by atoms with Crippen LogP contribution in [0.1, 0.15) is 52.0 Å². The number of hydrogen-bond donors (Lipinski definition) is 0. The van der Waals surface area contributed by atoms with E-state index in [0.29, 0.717) is 5.92 Å². The molecule has 0 N–H and O–H groups in total. The minimum Gasteiger partial charge on any atom is -0.399 e. The second-order valence-electron chi connectivity index (χ2n) is 7.86. The third kappa shape index (κ3) is 2.97. The lowest BCUT2D eigenvalue weighted by atomic mass is 9.78. The van der Waals surface area contributed by atoms with Crippen molar-refractivity contribution in [2.45, 2.75) is 57.7 Å². The number of likely N-dealkylation sites (tertiary alicyclic amines) is 1. The Hall–Kier alpha value is -0.835. The number of likely N-dealkylation sites (N-methyl/N-ethyl adjacent to an activating group) is 1. The molecule has 2 heterocycles. The number of hydrogen-bond acceptors (Lipinski definition) is 3. The van der Waals surface area contributed by atoms with Gasteiger partial charge in [-0.1, -0.05) is 24.3 Å². The lowest BCUT2D eigenvalue weighted by molar-refractivity contribution is 0.00578. The Balaban J connectivity index is 1.72. The Bertz CT molecular complexity index is 510. The standard InChI is InChI=1S/C18H28BNO2/c1-17(2)18(3,4)22-19(21-17)16-10-8-14(9-11-16)15-7-6-12-20(5)13-15/h8-11,15H,6-7,12-13H2,1-5H3. The van der Waals surface area contributed by atoms with E-state index in [-0.39, 0.29) is 18.3 Å². The summed E-state index contributed by atoms with van der Waals surface area (Å²) in [5.74, 6) is 0.658. The zero-order chi connectivity index (χ0) is 16.0. The van der Waals surface area contributed by atoms with Crippen molar-refractivity contribution in [2.24, 2.45) is 0 Å². The second-order valence-corrected chi connectivity index (χ2v) is 7.86. The van der Waals surface area contributed by atoms with Gasteiger partial charge in [-0.05, 0) is 71.1 Å². The first-order valence-electron chi connectivity index (χ1n) is 8.42. The van der Waals surface area contributed by atoms with Crippen molar-refractivity contribution in [1.82, 2.24) is 4.90 Å². The van der Waals surface area contributed by atoms with E-state index in [9.17, 15) is 0 Å². The molecule has 0 aliphatic carbocycles. The molecule has 1 aromatic rings. The Morgan fingerprint density at radius 3 is 2.18 bits per heavy atom. The van der Waals surface area contributed by atoms with E-state index in [2.05, 4.69) is 63.9 Å². The summed E-state index contributed by atoms with van der Waals surface area (Å²) in [5.41, 5.74) is 2.00. The predicted octanol–water partition coefficient (Wildman–Crippen LogP) is 2.80. The summed E-state index contributed by atoms with van der Waals surface area (Å²) in [5, 5.41) is 0. The van der Waals surface area contributed by atoms with Gasteiger partial charge >= 0.3 is 7.12 Å². The van der Waals surface area contributed by atoms with Crippen molar-refractivity contribution >= 4 is 12.6 Å². The molecule has 1 atom stereocenters. The van der Waals surface area contributed by atoms with E-state index in [4.69, 9.17) is 9.31 Å². The number of benzene rings is 1. The lowest BCUT2D eigenvalue weighted by Crippen LogP contribution is -2.41. The minimum absolute atomic E-state index is 0.256. The van der Waals surface area contributed by atoms with Gasteiger partial charge in [0.1, 0.15) is 0 Å². The van der Waals surface area contributed by atoms with Gasteiger partial charge in [-0.25, -0.2) is 0 Å². The molecule has 1 unspecified atom stereocenters. The van der Waals surface area contributed by atoms with Gasteiger partial charge < -0.3 is 14.2 Å².